The van der Waals surface area contributed by atoms with Gasteiger partial charge in [-0.1, -0.05) is 25.1 Å². The fourth-order valence-corrected chi connectivity index (χ4v) is 5.24. The van der Waals surface area contributed by atoms with Crippen molar-refractivity contribution in [3.63, 3.8) is 0 Å². The summed E-state index contributed by atoms with van der Waals surface area (Å²) in [5.41, 5.74) is 1.73. The Balaban J connectivity index is 1.86. The van der Waals surface area contributed by atoms with E-state index in [1.54, 1.807) is 6.07 Å². The van der Waals surface area contributed by atoms with Crippen molar-refractivity contribution in [1.29, 1.82) is 0 Å². The third-order valence-corrected chi connectivity index (χ3v) is 7.03. The van der Waals surface area contributed by atoms with Crippen molar-refractivity contribution in [3.8, 4) is 11.5 Å². The van der Waals surface area contributed by atoms with Gasteiger partial charge in [0.25, 0.3) is 0 Å². The minimum atomic E-state index is -3.86. The van der Waals surface area contributed by atoms with Gasteiger partial charge in [0.1, 0.15) is 6.04 Å². The van der Waals surface area contributed by atoms with E-state index in [4.69, 9.17) is 9.47 Å². The third-order valence-electron chi connectivity index (χ3n) is 5.12. The lowest BCUT2D eigenvalue weighted by Gasteiger charge is -2.24. The van der Waals surface area contributed by atoms with Crippen molar-refractivity contribution in [3.05, 3.63) is 48.0 Å². The van der Waals surface area contributed by atoms with Crippen LogP contribution < -0.4 is 14.8 Å². The van der Waals surface area contributed by atoms with Crippen LogP contribution in [0.4, 0.5) is 5.69 Å². The second-order valence-electron chi connectivity index (χ2n) is 6.79. The lowest BCUT2D eigenvalue weighted by Crippen LogP contribution is -2.43. The topological polar surface area (TPSA) is 84.9 Å². The normalized spacial score (nSPS) is 17.1. The molecule has 3 rings (SSSR count). The number of rotatable bonds is 7. The summed E-state index contributed by atoms with van der Waals surface area (Å²) < 4.78 is 38.2. The van der Waals surface area contributed by atoms with Crippen LogP contribution in [0.1, 0.15) is 25.3 Å². The number of nitrogens with one attached hydrogen (secondary N) is 1. The van der Waals surface area contributed by atoms with Gasteiger partial charge in [-0.2, -0.15) is 4.31 Å². The first-order chi connectivity index (χ1) is 13.9. The minimum absolute atomic E-state index is 0.0730. The summed E-state index contributed by atoms with van der Waals surface area (Å²) in [5, 5.41) is 2.91. The number of amides is 1. The molecule has 2 aromatic carbocycles. The smallest absolute Gasteiger partial charge is 0.243 e. The summed E-state index contributed by atoms with van der Waals surface area (Å²) in [4.78, 5) is 13.0. The third kappa shape index (κ3) is 4.23. The van der Waals surface area contributed by atoms with Crippen LogP contribution in [-0.2, 0) is 21.2 Å². The van der Waals surface area contributed by atoms with Crippen molar-refractivity contribution >= 4 is 21.6 Å². The summed E-state index contributed by atoms with van der Waals surface area (Å²) in [6, 6.07) is 11.2. The highest BCUT2D eigenvalue weighted by atomic mass is 32.2. The Morgan fingerprint density at radius 1 is 1.14 bits per heavy atom. The molecule has 1 aliphatic rings. The lowest BCUT2D eigenvalue weighted by molar-refractivity contribution is -0.119. The second-order valence-corrected chi connectivity index (χ2v) is 8.68. The number of carbonyl (C=O) groups excluding carboxylic acids is 1. The number of carbonyl (C=O) groups is 1. The van der Waals surface area contributed by atoms with Gasteiger partial charge in [0.15, 0.2) is 11.5 Å². The summed E-state index contributed by atoms with van der Waals surface area (Å²) in [6.45, 7) is 2.30. The monoisotopic (exact) mass is 418 g/mol. The molecular formula is C21H26N2O5S. The molecule has 29 heavy (non-hydrogen) atoms. The Labute approximate surface area is 171 Å². The molecule has 7 nitrogen and oxygen atoms in total. The van der Waals surface area contributed by atoms with E-state index in [9.17, 15) is 13.2 Å². The van der Waals surface area contributed by atoms with Crippen LogP contribution in [0.25, 0.3) is 0 Å². The van der Waals surface area contributed by atoms with E-state index in [1.165, 1.54) is 30.7 Å². The standard InChI is InChI=1S/C21H26N2O5S/c1-4-15-8-5-6-9-17(15)22-21(24)18-10-7-13-23(18)29(25,26)16-11-12-19(27-2)20(14-16)28-3/h5-6,8-9,11-12,14,18H,4,7,10,13H2,1-3H3,(H,22,24). The molecular weight excluding hydrogens is 392 g/mol. The molecule has 1 aliphatic heterocycles. The van der Waals surface area contributed by atoms with Crippen LogP contribution in [0.2, 0.25) is 0 Å². The molecule has 1 unspecified atom stereocenters. The summed E-state index contributed by atoms with van der Waals surface area (Å²) in [7, 11) is -0.924. The van der Waals surface area contributed by atoms with Gasteiger partial charge in [-0.15, -0.1) is 0 Å². The molecule has 0 spiro atoms. The van der Waals surface area contributed by atoms with Crippen LogP contribution in [0, 0.1) is 0 Å². The van der Waals surface area contributed by atoms with E-state index in [0.29, 0.717) is 30.9 Å². The molecule has 0 bridgehead atoms. The average Bonchev–Trinajstić information content (AvgIpc) is 3.24. The van der Waals surface area contributed by atoms with E-state index >= 15 is 0 Å². The van der Waals surface area contributed by atoms with Crippen molar-refractivity contribution < 1.29 is 22.7 Å². The summed E-state index contributed by atoms with van der Waals surface area (Å²) >= 11 is 0. The average molecular weight is 419 g/mol. The molecule has 0 aromatic heterocycles. The highest BCUT2D eigenvalue weighted by molar-refractivity contribution is 7.89. The first kappa shape index (κ1) is 21.1. The zero-order valence-corrected chi connectivity index (χ0v) is 17.7. The SMILES string of the molecule is CCc1ccccc1NC(=O)C1CCCN1S(=O)(=O)c1ccc(OC)c(OC)c1. The summed E-state index contributed by atoms with van der Waals surface area (Å²) in [5.74, 6) is 0.455. The van der Waals surface area contributed by atoms with Crippen molar-refractivity contribution in [1.82, 2.24) is 4.31 Å². The maximum atomic E-state index is 13.2. The Morgan fingerprint density at radius 3 is 2.55 bits per heavy atom. The van der Waals surface area contributed by atoms with Crippen LogP contribution >= 0.6 is 0 Å². The fraction of sp³-hybridized carbons (Fsp3) is 0.381. The van der Waals surface area contributed by atoms with Gasteiger partial charge in [-0.25, -0.2) is 8.42 Å². The van der Waals surface area contributed by atoms with E-state index in [1.807, 2.05) is 31.2 Å². The Morgan fingerprint density at radius 2 is 1.86 bits per heavy atom. The van der Waals surface area contributed by atoms with E-state index < -0.39 is 16.1 Å². The van der Waals surface area contributed by atoms with Gasteiger partial charge < -0.3 is 14.8 Å². The largest absolute Gasteiger partial charge is 0.493 e. The molecule has 0 saturated carbocycles. The number of hydrogen-bond donors (Lipinski definition) is 1. The molecule has 1 fully saturated rings. The van der Waals surface area contributed by atoms with Gasteiger partial charge in [-0.3, -0.25) is 4.79 Å². The van der Waals surface area contributed by atoms with E-state index in [0.717, 1.165) is 17.7 Å². The number of methoxy groups -OCH3 is 2. The molecule has 8 heteroatoms. The van der Waals surface area contributed by atoms with Crippen LogP contribution in [-0.4, -0.2) is 45.4 Å². The molecule has 1 heterocycles. The molecule has 1 amide bonds. The lowest BCUT2D eigenvalue weighted by atomic mass is 10.1. The zero-order chi connectivity index (χ0) is 21.0. The predicted octanol–water partition coefficient (Wildman–Crippen LogP) is 3.06. The van der Waals surface area contributed by atoms with Gasteiger partial charge in [-0.05, 0) is 43.0 Å². The van der Waals surface area contributed by atoms with Crippen LogP contribution in [0.3, 0.4) is 0 Å². The second kappa shape index (κ2) is 8.84. The molecule has 1 saturated heterocycles. The number of anilines is 1. The number of hydrogen-bond acceptors (Lipinski definition) is 5. The minimum Gasteiger partial charge on any atom is -0.493 e. The number of ether oxygens (including phenoxy) is 2. The van der Waals surface area contributed by atoms with Crippen molar-refractivity contribution in [2.24, 2.45) is 0 Å². The van der Waals surface area contributed by atoms with Crippen molar-refractivity contribution in [2.75, 3.05) is 26.1 Å². The first-order valence-corrected chi connectivity index (χ1v) is 11.0. The molecule has 156 valence electrons. The highest BCUT2D eigenvalue weighted by Crippen LogP contribution is 2.33. The number of sulfonamides is 1. The van der Waals surface area contributed by atoms with Crippen LogP contribution in [0.15, 0.2) is 47.4 Å². The zero-order valence-electron chi connectivity index (χ0n) is 16.8. The maximum Gasteiger partial charge on any atom is 0.243 e. The Hall–Kier alpha value is -2.58. The van der Waals surface area contributed by atoms with E-state index in [-0.39, 0.29) is 10.8 Å². The number of benzene rings is 2. The Kier molecular flexibility index (Phi) is 6.44. The maximum absolute atomic E-state index is 13.2. The molecule has 0 aliphatic carbocycles. The summed E-state index contributed by atoms with van der Waals surface area (Å²) in [6.07, 6.45) is 1.88. The molecule has 1 atom stereocenters. The number of aryl methyl sites for hydroxylation is 1. The molecule has 2 aromatic rings. The molecule has 1 N–H and O–H groups in total. The van der Waals surface area contributed by atoms with Gasteiger partial charge in [0.2, 0.25) is 15.9 Å². The van der Waals surface area contributed by atoms with Crippen LogP contribution in [0.5, 0.6) is 11.5 Å². The van der Waals surface area contributed by atoms with Crippen molar-refractivity contribution in [2.45, 2.75) is 37.1 Å². The predicted molar refractivity (Wildman–Crippen MR) is 111 cm³/mol. The quantitative estimate of drug-likeness (QED) is 0.747. The number of para-hydroxylation sites is 1. The fourth-order valence-electron chi connectivity index (χ4n) is 3.57. The van der Waals surface area contributed by atoms with Gasteiger partial charge in [0, 0.05) is 18.3 Å². The number of nitrogens with zero attached hydrogens (tertiary/aromatic N) is 1. The Bertz CT molecular complexity index is 990. The molecule has 0 radical (unpaired) electrons. The van der Waals surface area contributed by atoms with Gasteiger partial charge >= 0.3 is 0 Å². The highest BCUT2D eigenvalue weighted by Gasteiger charge is 2.39. The van der Waals surface area contributed by atoms with Gasteiger partial charge in [0.05, 0.1) is 19.1 Å². The van der Waals surface area contributed by atoms with E-state index in [2.05, 4.69) is 5.32 Å². The first-order valence-electron chi connectivity index (χ1n) is 9.55.